The third-order valence-electron chi connectivity index (χ3n) is 4.42. The molecule has 2 atom stereocenters. The van der Waals surface area contributed by atoms with Crippen LogP contribution in [0.2, 0.25) is 0 Å². The number of para-hydroxylation sites is 1. The fraction of sp³-hybridized carbons (Fsp3) is 0.579. The van der Waals surface area contributed by atoms with Gasteiger partial charge in [-0.15, -0.1) is 12.4 Å². The van der Waals surface area contributed by atoms with Crippen molar-refractivity contribution in [1.29, 1.82) is 0 Å². The maximum atomic E-state index is 12.9. The number of hydrogen-bond donors (Lipinski definition) is 2. The van der Waals surface area contributed by atoms with Gasteiger partial charge in [-0.3, -0.25) is 9.59 Å². The third-order valence-corrected chi connectivity index (χ3v) is 4.42. The van der Waals surface area contributed by atoms with Gasteiger partial charge < -0.3 is 15.5 Å². The average molecular weight is 368 g/mol. The van der Waals surface area contributed by atoms with Gasteiger partial charge in [0.1, 0.15) is 0 Å². The van der Waals surface area contributed by atoms with Gasteiger partial charge in [0, 0.05) is 19.5 Å². The van der Waals surface area contributed by atoms with E-state index in [-0.39, 0.29) is 24.2 Å². The molecule has 2 amide bonds. The lowest BCUT2D eigenvalue weighted by molar-refractivity contribution is -0.116. The van der Waals surface area contributed by atoms with E-state index in [4.69, 9.17) is 0 Å². The highest BCUT2D eigenvalue weighted by Crippen LogP contribution is 2.25. The monoisotopic (exact) mass is 367 g/mol. The molecule has 1 saturated heterocycles. The number of carbonyl (C=O) groups excluding carboxylic acids is 2. The summed E-state index contributed by atoms with van der Waals surface area (Å²) in [5, 5.41) is 5.92. The zero-order valence-electron chi connectivity index (χ0n) is 15.4. The Morgan fingerprint density at radius 2 is 1.80 bits per heavy atom. The van der Waals surface area contributed by atoms with Crippen LogP contribution in [0.5, 0.6) is 0 Å². The van der Waals surface area contributed by atoms with E-state index in [1.807, 2.05) is 24.1 Å². The molecule has 1 heterocycles. The summed E-state index contributed by atoms with van der Waals surface area (Å²) in [5.41, 5.74) is 1.20. The van der Waals surface area contributed by atoms with Crippen molar-refractivity contribution in [1.82, 2.24) is 10.2 Å². The van der Waals surface area contributed by atoms with Crippen LogP contribution < -0.4 is 10.6 Å². The Morgan fingerprint density at radius 3 is 2.44 bits per heavy atom. The first-order valence-electron chi connectivity index (χ1n) is 8.84. The molecule has 2 unspecified atom stereocenters. The molecule has 0 spiro atoms. The van der Waals surface area contributed by atoms with E-state index in [1.165, 1.54) is 0 Å². The second-order valence-corrected chi connectivity index (χ2v) is 6.96. The van der Waals surface area contributed by atoms with Crippen LogP contribution in [0.3, 0.4) is 0 Å². The van der Waals surface area contributed by atoms with Crippen LogP contribution in [0.4, 0.5) is 5.69 Å². The Hall–Kier alpha value is -1.59. The molecule has 0 aromatic heterocycles. The van der Waals surface area contributed by atoms with Crippen molar-refractivity contribution in [3.8, 4) is 0 Å². The van der Waals surface area contributed by atoms with Crippen LogP contribution in [0.25, 0.3) is 0 Å². The van der Waals surface area contributed by atoms with Crippen molar-refractivity contribution in [2.45, 2.75) is 33.1 Å². The van der Waals surface area contributed by atoms with E-state index in [0.29, 0.717) is 29.5 Å². The number of piperidine rings is 1. The molecule has 1 aliphatic heterocycles. The van der Waals surface area contributed by atoms with Crippen molar-refractivity contribution < 1.29 is 9.59 Å². The summed E-state index contributed by atoms with van der Waals surface area (Å²) < 4.78 is 0. The summed E-state index contributed by atoms with van der Waals surface area (Å²) in [4.78, 5) is 26.9. The molecule has 25 heavy (non-hydrogen) atoms. The van der Waals surface area contributed by atoms with Gasteiger partial charge in [-0.25, -0.2) is 0 Å². The van der Waals surface area contributed by atoms with Crippen LogP contribution in [0.15, 0.2) is 24.3 Å². The second-order valence-electron chi connectivity index (χ2n) is 6.96. The third kappa shape index (κ3) is 6.33. The smallest absolute Gasteiger partial charge is 0.255 e. The first kappa shape index (κ1) is 21.5. The molecule has 2 rings (SSSR count). The predicted octanol–water partition coefficient (Wildman–Crippen LogP) is 3.16. The predicted molar refractivity (Wildman–Crippen MR) is 104 cm³/mol. The number of nitrogens with one attached hydrogen (secondary N) is 2. The quantitative estimate of drug-likeness (QED) is 0.759. The zero-order valence-corrected chi connectivity index (χ0v) is 16.2. The van der Waals surface area contributed by atoms with E-state index in [0.717, 1.165) is 32.5 Å². The first-order valence-corrected chi connectivity index (χ1v) is 8.84. The Kier molecular flexibility index (Phi) is 8.93. The summed E-state index contributed by atoms with van der Waals surface area (Å²) in [6, 6.07) is 7.30. The van der Waals surface area contributed by atoms with Crippen molar-refractivity contribution in [3.05, 3.63) is 29.8 Å². The van der Waals surface area contributed by atoms with E-state index in [2.05, 4.69) is 24.5 Å². The van der Waals surface area contributed by atoms with Crippen molar-refractivity contribution in [3.63, 3.8) is 0 Å². The zero-order chi connectivity index (χ0) is 17.5. The standard InChI is InChI=1S/C19H29N3O2.ClH/c1-14-11-15(2)13-22(12-14)19(24)16-7-4-5-8-17(16)21-18(23)9-6-10-20-3;/h4-5,7-8,14-15,20H,6,9-13H2,1-3H3,(H,21,23);1H. The van der Waals surface area contributed by atoms with Gasteiger partial charge >= 0.3 is 0 Å². The normalized spacial score (nSPS) is 19.9. The summed E-state index contributed by atoms with van der Waals surface area (Å²) in [6.45, 7) is 6.75. The van der Waals surface area contributed by atoms with Gasteiger partial charge in [-0.2, -0.15) is 0 Å². The fourth-order valence-corrected chi connectivity index (χ4v) is 3.42. The Labute approximate surface area is 157 Å². The highest BCUT2D eigenvalue weighted by Gasteiger charge is 2.27. The summed E-state index contributed by atoms with van der Waals surface area (Å²) in [7, 11) is 1.87. The number of rotatable bonds is 6. The van der Waals surface area contributed by atoms with Gasteiger partial charge in [-0.1, -0.05) is 26.0 Å². The molecular weight excluding hydrogens is 338 g/mol. The van der Waals surface area contributed by atoms with Crippen molar-refractivity contribution in [2.24, 2.45) is 11.8 Å². The maximum absolute atomic E-state index is 12.9. The van der Waals surface area contributed by atoms with Gasteiger partial charge in [-0.05, 0) is 50.4 Å². The molecule has 0 aliphatic carbocycles. The number of likely N-dealkylation sites (tertiary alicyclic amines) is 1. The SMILES string of the molecule is CNCCCC(=O)Nc1ccccc1C(=O)N1CC(C)CC(C)C1.Cl. The van der Waals surface area contributed by atoms with E-state index in [9.17, 15) is 9.59 Å². The second kappa shape index (κ2) is 10.4. The minimum atomic E-state index is -0.0501. The van der Waals surface area contributed by atoms with Crippen LogP contribution in [0.1, 0.15) is 43.5 Å². The number of amides is 2. The molecule has 0 saturated carbocycles. The molecule has 1 fully saturated rings. The van der Waals surface area contributed by atoms with E-state index >= 15 is 0 Å². The van der Waals surface area contributed by atoms with Gasteiger partial charge in [0.2, 0.25) is 5.91 Å². The van der Waals surface area contributed by atoms with Gasteiger partial charge in [0.25, 0.3) is 5.91 Å². The number of hydrogen-bond acceptors (Lipinski definition) is 3. The highest BCUT2D eigenvalue weighted by atomic mass is 35.5. The largest absolute Gasteiger partial charge is 0.338 e. The Balaban J connectivity index is 0.00000312. The van der Waals surface area contributed by atoms with Crippen molar-refractivity contribution in [2.75, 3.05) is 32.0 Å². The van der Waals surface area contributed by atoms with E-state index < -0.39 is 0 Å². The lowest BCUT2D eigenvalue weighted by atomic mass is 9.91. The molecular formula is C19H30ClN3O2. The summed E-state index contributed by atoms with van der Waals surface area (Å²) in [5.74, 6) is 0.993. The van der Waals surface area contributed by atoms with E-state index in [1.54, 1.807) is 12.1 Å². The molecule has 1 aromatic carbocycles. The molecule has 1 aromatic rings. The van der Waals surface area contributed by atoms with Gasteiger partial charge in [0.05, 0.1) is 11.3 Å². The number of halogens is 1. The molecule has 2 N–H and O–H groups in total. The summed E-state index contributed by atoms with van der Waals surface area (Å²) >= 11 is 0. The topological polar surface area (TPSA) is 61.4 Å². The first-order chi connectivity index (χ1) is 11.5. The minimum Gasteiger partial charge on any atom is -0.338 e. The number of benzene rings is 1. The molecule has 0 radical (unpaired) electrons. The molecule has 0 bridgehead atoms. The average Bonchev–Trinajstić information content (AvgIpc) is 2.54. The van der Waals surface area contributed by atoms with Crippen molar-refractivity contribution >= 4 is 29.9 Å². The van der Waals surface area contributed by atoms with Crippen LogP contribution in [0, 0.1) is 11.8 Å². The number of carbonyl (C=O) groups is 2. The molecule has 1 aliphatic rings. The molecule has 5 nitrogen and oxygen atoms in total. The Bertz CT molecular complexity index is 570. The lowest BCUT2D eigenvalue weighted by Crippen LogP contribution is -2.42. The minimum absolute atomic E-state index is 0. The molecule has 140 valence electrons. The summed E-state index contributed by atoms with van der Waals surface area (Å²) in [6.07, 6.45) is 2.38. The van der Waals surface area contributed by atoms with Crippen LogP contribution in [-0.2, 0) is 4.79 Å². The highest BCUT2D eigenvalue weighted by molar-refractivity contribution is 6.03. The number of anilines is 1. The molecule has 6 heteroatoms. The number of nitrogens with zero attached hydrogens (tertiary/aromatic N) is 1. The fourth-order valence-electron chi connectivity index (χ4n) is 3.42. The lowest BCUT2D eigenvalue weighted by Gasteiger charge is -2.35. The maximum Gasteiger partial charge on any atom is 0.255 e. The van der Waals surface area contributed by atoms with Gasteiger partial charge in [0.15, 0.2) is 0 Å². The van der Waals surface area contributed by atoms with Crippen LogP contribution >= 0.6 is 12.4 Å². The Morgan fingerprint density at radius 1 is 1.16 bits per heavy atom. The van der Waals surface area contributed by atoms with Crippen LogP contribution in [-0.4, -0.2) is 43.4 Å².